The minimum absolute atomic E-state index is 0.0432. The van der Waals surface area contributed by atoms with Crippen LogP contribution < -0.4 is 4.74 Å². The molecule has 0 unspecified atom stereocenters. The number of hydrogen-bond acceptors (Lipinski definition) is 5. The van der Waals surface area contributed by atoms with Gasteiger partial charge in [0, 0.05) is 0 Å². The Morgan fingerprint density at radius 1 is 1.39 bits per heavy atom. The first-order valence-corrected chi connectivity index (χ1v) is 6.88. The Bertz CT molecular complexity index is 601. The Kier molecular flexibility index (Phi) is 2.85. The smallest absolute Gasteiger partial charge is 0.337 e. The first-order chi connectivity index (χ1) is 8.29. The number of benzene rings is 1. The van der Waals surface area contributed by atoms with Gasteiger partial charge in [0.2, 0.25) is 0 Å². The van der Waals surface area contributed by atoms with Gasteiger partial charge in [-0.15, -0.1) is 0 Å². The zero-order chi connectivity index (χ0) is 13.6. The Morgan fingerprint density at radius 2 is 2.06 bits per heavy atom. The van der Waals surface area contributed by atoms with E-state index in [1.165, 1.54) is 25.3 Å². The molecule has 5 nitrogen and oxygen atoms in total. The van der Waals surface area contributed by atoms with E-state index in [-0.39, 0.29) is 22.8 Å². The van der Waals surface area contributed by atoms with Gasteiger partial charge in [-0.2, -0.15) is 0 Å². The predicted octanol–water partition coefficient (Wildman–Crippen LogP) is 1.42. The molecule has 2 rings (SSSR count). The van der Waals surface area contributed by atoms with Gasteiger partial charge < -0.3 is 9.47 Å². The second-order valence-electron chi connectivity index (χ2n) is 4.70. The van der Waals surface area contributed by atoms with Gasteiger partial charge in [0.1, 0.15) is 22.0 Å². The van der Waals surface area contributed by atoms with Crippen molar-refractivity contribution in [2.24, 2.45) is 0 Å². The molecule has 1 heterocycles. The molecule has 18 heavy (non-hydrogen) atoms. The topological polar surface area (TPSA) is 69.7 Å². The summed E-state index contributed by atoms with van der Waals surface area (Å²) in [7, 11) is -2.27. The highest BCUT2D eigenvalue weighted by Crippen LogP contribution is 2.37. The van der Waals surface area contributed by atoms with E-state index in [0.29, 0.717) is 0 Å². The van der Waals surface area contributed by atoms with Gasteiger partial charge in [0.25, 0.3) is 0 Å². The number of carbonyl (C=O) groups is 1. The molecule has 6 heteroatoms. The summed E-state index contributed by atoms with van der Waals surface area (Å²) in [5.74, 6) is -0.293. The van der Waals surface area contributed by atoms with E-state index in [1.54, 1.807) is 13.8 Å². The van der Waals surface area contributed by atoms with Gasteiger partial charge in [-0.3, -0.25) is 0 Å². The van der Waals surface area contributed by atoms with Gasteiger partial charge >= 0.3 is 5.97 Å². The van der Waals surface area contributed by atoms with Crippen molar-refractivity contribution in [1.29, 1.82) is 0 Å². The minimum Gasteiger partial charge on any atom is -0.491 e. The Hall–Kier alpha value is -1.56. The molecule has 0 aliphatic carbocycles. The molecule has 0 N–H and O–H groups in total. The van der Waals surface area contributed by atoms with Crippen LogP contribution in [-0.4, -0.2) is 32.9 Å². The highest BCUT2D eigenvalue weighted by Gasteiger charge is 2.42. The van der Waals surface area contributed by atoms with Crippen molar-refractivity contribution in [3.8, 4) is 5.75 Å². The van der Waals surface area contributed by atoms with Crippen molar-refractivity contribution >= 4 is 15.8 Å². The molecule has 0 radical (unpaired) electrons. The molecule has 0 aromatic heterocycles. The van der Waals surface area contributed by atoms with Crippen molar-refractivity contribution in [2.45, 2.75) is 23.5 Å². The molecule has 1 aromatic carbocycles. The fourth-order valence-electron chi connectivity index (χ4n) is 1.71. The van der Waals surface area contributed by atoms with E-state index in [1.807, 2.05) is 0 Å². The molecule has 0 saturated carbocycles. The zero-order valence-electron chi connectivity index (χ0n) is 10.4. The SMILES string of the molecule is COC(=O)c1ccc2c(c1)S(=O)(=O)C(C)(C)CO2. The van der Waals surface area contributed by atoms with E-state index < -0.39 is 20.6 Å². The predicted molar refractivity (Wildman–Crippen MR) is 64.5 cm³/mol. The molecule has 1 aliphatic rings. The van der Waals surface area contributed by atoms with Crippen LogP contribution in [0.3, 0.4) is 0 Å². The van der Waals surface area contributed by atoms with Crippen LogP contribution in [0.25, 0.3) is 0 Å². The maximum Gasteiger partial charge on any atom is 0.337 e. The average molecular weight is 270 g/mol. The Labute approximate surface area is 106 Å². The monoisotopic (exact) mass is 270 g/mol. The van der Waals surface area contributed by atoms with E-state index in [0.717, 1.165) is 0 Å². The summed E-state index contributed by atoms with van der Waals surface area (Å²) in [5.41, 5.74) is 0.195. The van der Waals surface area contributed by atoms with Crippen LogP contribution in [0.1, 0.15) is 24.2 Å². The summed E-state index contributed by atoms with van der Waals surface area (Å²) >= 11 is 0. The third kappa shape index (κ3) is 1.77. The third-order valence-corrected chi connectivity index (χ3v) is 5.43. The van der Waals surface area contributed by atoms with E-state index >= 15 is 0 Å². The number of rotatable bonds is 1. The number of esters is 1. The number of ether oxygens (including phenoxy) is 2. The lowest BCUT2D eigenvalue weighted by Gasteiger charge is -2.31. The lowest BCUT2D eigenvalue weighted by molar-refractivity contribution is 0.0600. The molecule has 0 atom stereocenters. The summed E-state index contributed by atoms with van der Waals surface area (Å²) in [6.45, 7) is 3.28. The number of hydrogen-bond donors (Lipinski definition) is 0. The molecule has 0 amide bonds. The highest BCUT2D eigenvalue weighted by atomic mass is 32.2. The first-order valence-electron chi connectivity index (χ1n) is 5.39. The van der Waals surface area contributed by atoms with Crippen molar-refractivity contribution in [3.05, 3.63) is 23.8 Å². The largest absolute Gasteiger partial charge is 0.491 e. The van der Waals surface area contributed by atoms with Crippen molar-refractivity contribution in [2.75, 3.05) is 13.7 Å². The summed E-state index contributed by atoms with van der Waals surface area (Å²) in [5, 5.41) is 0. The van der Waals surface area contributed by atoms with Gasteiger partial charge in [0.05, 0.1) is 12.7 Å². The van der Waals surface area contributed by atoms with E-state index in [4.69, 9.17) is 4.74 Å². The second kappa shape index (κ2) is 3.98. The van der Waals surface area contributed by atoms with Crippen molar-refractivity contribution < 1.29 is 22.7 Å². The summed E-state index contributed by atoms with van der Waals surface area (Å²) < 4.78 is 33.7. The minimum atomic E-state index is -3.52. The van der Waals surface area contributed by atoms with Crippen LogP contribution in [0.4, 0.5) is 0 Å². The second-order valence-corrected chi connectivity index (χ2v) is 7.26. The van der Waals surface area contributed by atoms with E-state index in [2.05, 4.69) is 4.74 Å². The maximum atomic E-state index is 12.4. The van der Waals surface area contributed by atoms with E-state index in [9.17, 15) is 13.2 Å². The molecule has 1 aliphatic heterocycles. The van der Waals surface area contributed by atoms with Crippen LogP contribution >= 0.6 is 0 Å². The van der Waals surface area contributed by atoms with Gasteiger partial charge in [-0.25, -0.2) is 13.2 Å². The van der Waals surface area contributed by atoms with Gasteiger partial charge in [-0.1, -0.05) is 0 Å². The molecule has 98 valence electrons. The lowest BCUT2D eigenvalue weighted by atomic mass is 10.2. The molecule has 0 saturated heterocycles. The fourth-order valence-corrected chi connectivity index (χ4v) is 3.19. The number of methoxy groups -OCH3 is 1. The third-order valence-electron chi connectivity index (χ3n) is 2.96. The quantitative estimate of drug-likeness (QED) is 0.722. The average Bonchev–Trinajstić information content (AvgIpc) is 2.33. The maximum absolute atomic E-state index is 12.4. The summed E-state index contributed by atoms with van der Waals surface area (Å²) in [6.07, 6.45) is 0. The van der Waals surface area contributed by atoms with Crippen LogP contribution in [0, 0.1) is 0 Å². The molecule has 0 spiro atoms. The van der Waals surface area contributed by atoms with Crippen LogP contribution in [0.15, 0.2) is 23.1 Å². The van der Waals surface area contributed by atoms with Crippen LogP contribution in [0.5, 0.6) is 5.75 Å². The molecule has 0 bridgehead atoms. The molecule has 0 fully saturated rings. The molecular formula is C12H14O5S. The number of fused-ring (bicyclic) bond motifs is 1. The molecular weight excluding hydrogens is 256 g/mol. The number of sulfone groups is 1. The van der Waals surface area contributed by atoms with Gasteiger partial charge in [-0.05, 0) is 32.0 Å². The molecule has 1 aromatic rings. The van der Waals surface area contributed by atoms with Gasteiger partial charge in [0.15, 0.2) is 9.84 Å². The van der Waals surface area contributed by atoms with Crippen molar-refractivity contribution in [1.82, 2.24) is 0 Å². The summed E-state index contributed by atoms with van der Waals surface area (Å²) in [4.78, 5) is 11.5. The lowest BCUT2D eigenvalue weighted by Crippen LogP contribution is -2.41. The fraction of sp³-hybridized carbons (Fsp3) is 0.417. The number of carbonyl (C=O) groups excluding carboxylic acids is 1. The highest BCUT2D eigenvalue weighted by molar-refractivity contribution is 7.93. The Morgan fingerprint density at radius 3 is 2.67 bits per heavy atom. The van der Waals surface area contributed by atoms with Crippen molar-refractivity contribution in [3.63, 3.8) is 0 Å². The van der Waals surface area contributed by atoms with Crippen LogP contribution in [0.2, 0.25) is 0 Å². The standard InChI is InChI=1S/C12H14O5S/c1-12(2)7-17-9-5-4-8(11(13)16-3)6-10(9)18(12,14)15/h4-6H,7H2,1-3H3. The summed E-state index contributed by atoms with van der Waals surface area (Å²) in [6, 6.07) is 4.27. The Balaban J connectivity index is 2.62. The first kappa shape index (κ1) is 12.9. The van der Waals surface area contributed by atoms with Crippen LogP contribution in [-0.2, 0) is 14.6 Å². The zero-order valence-corrected chi connectivity index (χ0v) is 11.2. The normalized spacial score (nSPS) is 19.5.